The first-order valence-corrected chi connectivity index (χ1v) is 15.8. The van der Waals surface area contributed by atoms with Crippen LogP contribution in [0.5, 0.6) is 0 Å². The monoisotopic (exact) mass is 632 g/mol. The number of hydrogen-bond acceptors (Lipinski definition) is 2. The first-order valence-electron chi connectivity index (χ1n) is 13.6. The minimum absolute atomic E-state index is 0.00170. The fourth-order valence-electron chi connectivity index (χ4n) is 4.82. The van der Waals surface area contributed by atoms with Gasteiger partial charge in [0.15, 0.2) is 0 Å². The molecule has 2 nitrogen and oxygen atoms in total. The maximum atomic E-state index is 13.4. The Labute approximate surface area is 253 Å². The van der Waals surface area contributed by atoms with Crippen LogP contribution in [0.2, 0.25) is 0 Å². The Bertz CT molecular complexity index is 1430. The largest absolute Gasteiger partial charge is 0.416 e. The van der Waals surface area contributed by atoms with Gasteiger partial charge in [-0.1, -0.05) is 117 Å². The number of nitrogens with zero attached hydrogens (tertiary/aromatic N) is 1. The molecule has 0 unspecified atom stereocenters. The number of nitrogens with one attached hydrogen (secondary N) is 1. The van der Waals surface area contributed by atoms with Crippen molar-refractivity contribution in [2.45, 2.75) is 38.7 Å². The first-order chi connectivity index (χ1) is 20.3. The SMILES string of the molecule is CC(C)[C@@H](CN=P(c1ccccc1)(c1ccccc1)c1ccccc1)NC(=S)Cc1cc(C(F)(F)F)cc(C(F)(F)F)c1. The highest BCUT2D eigenvalue weighted by Crippen LogP contribution is 2.46. The second-order valence-corrected chi connectivity index (χ2v) is 14.1. The summed E-state index contributed by atoms with van der Waals surface area (Å²) in [7, 11) is -2.52. The molecule has 0 saturated carbocycles. The van der Waals surface area contributed by atoms with Crippen LogP contribution in [0.15, 0.2) is 114 Å². The normalized spacial score (nSPS) is 13.0. The highest BCUT2D eigenvalue weighted by molar-refractivity contribution is 7.87. The maximum absolute atomic E-state index is 13.4. The average Bonchev–Trinajstić information content (AvgIpc) is 2.97. The lowest BCUT2D eigenvalue weighted by atomic mass is 10.0. The number of alkyl halides is 6. The molecule has 0 fully saturated rings. The molecule has 0 radical (unpaired) electrons. The van der Waals surface area contributed by atoms with E-state index in [1.807, 2.05) is 68.4 Å². The third kappa shape index (κ3) is 7.95. The molecular weight excluding hydrogens is 601 g/mol. The molecule has 0 aliphatic heterocycles. The van der Waals surface area contributed by atoms with E-state index in [0.29, 0.717) is 6.54 Å². The van der Waals surface area contributed by atoms with Crippen molar-refractivity contribution in [3.8, 4) is 0 Å². The average molecular weight is 633 g/mol. The summed E-state index contributed by atoms with van der Waals surface area (Å²) in [6.07, 6.45) is -10.1. The van der Waals surface area contributed by atoms with Gasteiger partial charge in [-0.3, -0.25) is 4.74 Å². The molecule has 0 heterocycles. The molecule has 4 aromatic rings. The Morgan fingerprint density at radius 2 is 1.09 bits per heavy atom. The van der Waals surface area contributed by atoms with Crippen molar-refractivity contribution in [2.24, 2.45) is 10.7 Å². The summed E-state index contributed by atoms with van der Waals surface area (Å²) in [5.74, 6) is -0.00170. The molecule has 226 valence electrons. The quantitative estimate of drug-likeness (QED) is 0.114. The molecule has 0 aliphatic rings. The van der Waals surface area contributed by atoms with Crippen LogP contribution < -0.4 is 21.2 Å². The third-order valence-electron chi connectivity index (χ3n) is 7.04. The number of thiocarbonyl (C=S) groups is 1. The molecule has 1 atom stereocenters. The van der Waals surface area contributed by atoms with Crippen LogP contribution in [0.3, 0.4) is 0 Å². The standard InChI is InChI=1S/C33H31F6N2PS/c1-23(2)30(41-31(43)20-24-18-25(32(34,35)36)21-26(19-24)33(37,38)39)22-40-42(27-12-6-3-7-13-27,28-14-8-4-9-15-28)29-16-10-5-11-17-29/h3-19,21,23,30H,20,22H2,1-2H3,(H,41,43)/t30-/m1/s1. The van der Waals surface area contributed by atoms with Crippen LogP contribution in [0.1, 0.15) is 30.5 Å². The number of hydrogen-bond donors (Lipinski definition) is 1. The molecule has 10 heteroatoms. The minimum atomic E-state index is -4.93. The van der Waals surface area contributed by atoms with Gasteiger partial charge in [-0.05, 0) is 29.7 Å². The van der Waals surface area contributed by atoms with E-state index in [2.05, 4.69) is 41.7 Å². The Morgan fingerprint density at radius 1 is 0.698 bits per heavy atom. The zero-order valence-corrected chi connectivity index (χ0v) is 25.2. The van der Waals surface area contributed by atoms with Gasteiger partial charge in [0.05, 0.1) is 29.7 Å². The molecule has 4 rings (SSSR count). The molecule has 0 bridgehead atoms. The molecule has 43 heavy (non-hydrogen) atoms. The van der Waals surface area contributed by atoms with E-state index in [0.717, 1.165) is 28.0 Å². The van der Waals surface area contributed by atoms with Gasteiger partial charge in [0.2, 0.25) is 0 Å². The van der Waals surface area contributed by atoms with Gasteiger partial charge < -0.3 is 5.32 Å². The summed E-state index contributed by atoms with van der Waals surface area (Å²) in [6.45, 7) is 4.24. The Balaban J connectivity index is 1.72. The fourth-order valence-corrected chi connectivity index (χ4v) is 8.76. The van der Waals surface area contributed by atoms with E-state index in [-0.39, 0.29) is 35.0 Å². The zero-order valence-electron chi connectivity index (χ0n) is 23.5. The number of rotatable bonds is 9. The van der Waals surface area contributed by atoms with E-state index in [9.17, 15) is 26.3 Å². The van der Waals surface area contributed by atoms with Crippen molar-refractivity contribution in [1.82, 2.24) is 5.32 Å². The second kappa shape index (κ2) is 13.5. The van der Waals surface area contributed by atoms with E-state index < -0.39 is 30.5 Å². The van der Waals surface area contributed by atoms with Crippen LogP contribution in [0.4, 0.5) is 26.3 Å². The van der Waals surface area contributed by atoms with Gasteiger partial charge in [0.25, 0.3) is 0 Å². The summed E-state index contributed by atoms with van der Waals surface area (Å²) >= 11 is 5.49. The molecule has 0 aromatic heterocycles. The molecule has 0 saturated heterocycles. The van der Waals surface area contributed by atoms with Crippen molar-refractivity contribution >= 4 is 40.2 Å². The Morgan fingerprint density at radius 3 is 1.44 bits per heavy atom. The van der Waals surface area contributed by atoms with Gasteiger partial charge >= 0.3 is 12.4 Å². The zero-order chi connectivity index (χ0) is 31.3. The van der Waals surface area contributed by atoms with Crippen molar-refractivity contribution in [2.75, 3.05) is 6.54 Å². The molecule has 1 N–H and O–H groups in total. The molecule has 0 spiro atoms. The first kappa shape index (κ1) is 32.5. The molecule has 4 aromatic carbocycles. The second-order valence-electron chi connectivity index (χ2n) is 10.5. The predicted molar refractivity (Wildman–Crippen MR) is 167 cm³/mol. The lowest BCUT2D eigenvalue weighted by molar-refractivity contribution is -0.143. The maximum Gasteiger partial charge on any atom is 0.416 e. The van der Waals surface area contributed by atoms with Gasteiger partial charge in [0, 0.05) is 28.4 Å². The summed E-state index contributed by atoms with van der Waals surface area (Å²) in [5.41, 5.74) is -2.89. The fraction of sp³-hybridized carbons (Fsp3) is 0.242. The van der Waals surface area contributed by atoms with E-state index >= 15 is 0 Å². The van der Waals surface area contributed by atoms with Crippen molar-refractivity contribution in [3.05, 3.63) is 126 Å². The molecular formula is C33H31F6N2PS. The highest BCUT2D eigenvalue weighted by Gasteiger charge is 2.37. The summed E-state index contributed by atoms with van der Waals surface area (Å²) in [4.78, 5) is 0.143. The van der Waals surface area contributed by atoms with Crippen LogP contribution in [0, 0.1) is 5.92 Å². The predicted octanol–water partition coefficient (Wildman–Crippen LogP) is 8.39. The highest BCUT2D eigenvalue weighted by atomic mass is 32.1. The van der Waals surface area contributed by atoms with Crippen LogP contribution in [0.25, 0.3) is 0 Å². The summed E-state index contributed by atoms with van der Waals surface area (Å²) in [5, 5.41) is 6.37. The smallest absolute Gasteiger partial charge is 0.375 e. The van der Waals surface area contributed by atoms with Crippen molar-refractivity contribution < 1.29 is 26.3 Å². The van der Waals surface area contributed by atoms with Crippen molar-refractivity contribution in [1.29, 1.82) is 0 Å². The van der Waals surface area contributed by atoms with Crippen LogP contribution >= 0.6 is 19.3 Å². The van der Waals surface area contributed by atoms with Gasteiger partial charge in [-0.25, -0.2) is 0 Å². The lowest BCUT2D eigenvalue weighted by Gasteiger charge is -2.29. The lowest BCUT2D eigenvalue weighted by Crippen LogP contribution is -2.41. The number of halogens is 6. The summed E-state index contributed by atoms with van der Waals surface area (Å²) < 4.78 is 85.8. The third-order valence-corrected chi connectivity index (χ3v) is 11.0. The van der Waals surface area contributed by atoms with E-state index in [4.69, 9.17) is 17.0 Å². The van der Waals surface area contributed by atoms with Gasteiger partial charge in [-0.15, -0.1) is 0 Å². The van der Waals surface area contributed by atoms with Gasteiger partial charge in [0.1, 0.15) is 0 Å². The Kier molecular flexibility index (Phi) is 10.2. The topological polar surface area (TPSA) is 24.4 Å². The molecule has 0 aliphatic carbocycles. The molecule has 0 amide bonds. The van der Waals surface area contributed by atoms with Crippen molar-refractivity contribution in [3.63, 3.8) is 0 Å². The number of benzene rings is 4. The van der Waals surface area contributed by atoms with E-state index in [1.54, 1.807) is 0 Å². The van der Waals surface area contributed by atoms with Crippen LogP contribution in [-0.2, 0) is 18.8 Å². The van der Waals surface area contributed by atoms with E-state index in [1.165, 1.54) is 0 Å². The Hall–Kier alpha value is -3.42. The van der Waals surface area contributed by atoms with Gasteiger partial charge in [-0.2, -0.15) is 26.3 Å². The summed E-state index contributed by atoms with van der Waals surface area (Å²) in [6, 6.07) is 31.3. The minimum Gasteiger partial charge on any atom is -0.375 e. The van der Waals surface area contributed by atoms with Crippen LogP contribution in [-0.4, -0.2) is 17.6 Å².